The number of rotatable bonds is 5. The molecule has 0 aliphatic heterocycles. The van der Waals surface area contributed by atoms with Gasteiger partial charge in [0.1, 0.15) is 5.82 Å². The summed E-state index contributed by atoms with van der Waals surface area (Å²) in [6.07, 6.45) is 0.968. The lowest BCUT2D eigenvalue weighted by Gasteiger charge is -2.13. The first-order chi connectivity index (χ1) is 8.40. The number of hydrogen-bond acceptors (Lipinski definition) is 1. The van der Waals surface area contributed by atoms with Crippen LogP contribution in [0.4, 0.5) is 4.39 Å². The van der Waals surface area contributed by atoms with Gasteiger partial charge in [0, 0.05) is 16.9 Å². The molecular formula is C13H16BrClFNO. The number of nitrogens with one attached hydrogen (secondary N) is 1. The van der Waals surface area contributed by atoms with E-state index in [1.807, 2.05) is 0 Å². The largest absolute Gasteiger partial charge is 0.351 e. The molecule has 0 fully saturated rings. The second-order valence-corrected chi connectivity index (χ2v) is 6.27. The highest BCUT2D eigenvalue weighted by Crippen LogP contribution is 2.16. The molecule has 0 aliphatic rings. The standard InChI is InChI=1S/C13H16BrClFNO/c1-8(2)5-10(14)7-17-13(18)9-3-4-11(15)12(16)6-9/h3-4,6,8,10H,5,7H2,1-2H3,(H,17,18). The first kappa shape index (κ1) is 15.4. The topological polar surface area (TPSA) is 29.1 Å². The zero-order valence-corrected chi connectivity index (χ0v) is 12.7. The van der Waals surface area contributed by atoms with Gasteiger partial charge in [-0.2, -0.15) is 0 Å². The number of carbonyl (C=O) groups is 1. The van der Waals surface area contributed by atoms with Gasteiger partial charge >= 0.3 is 0 Å². The number of halogens is 3. The van der Waals surface area contributed by atoms with Crippen molar-refractivity contribution in [3.8, 4) is 0 Å². The molecule has 0 heterocycles. The average Bonchev–Trinajstić information content (AvgIpc) is 2.28. The van der Waals surface area contributed by atoms with Crippen molar-refractivity contribution >= 4 is 33.4 Å². The van der Waals surface area contributed by atoms with Crippen molar-refractivity contribution in [3.05, 3.63) is 34.6 Å². The van der Waals surface area contributed by atoms with Gasteiger partial charge in [-0.1, -0.05) is 41.4 Å². The van der Waals surface area contributed by atoms with Crippen LogP contribution in [0.1, 0.15) is 30.6 Å². The van der Waals surface area contributed by atoms with Crippen LogP contribution in [0.2, 0.25) is 5.02 Å². The lowest BCUT2D eigenvalue weighted by Crippen LogP contribution is -2.30. The molecule has 18 heavy (non-hydrogen) atoms. The predicted molar refractivity (Wildman–Crippen MR) is 75.9 cm³/mol. The fourth-order valence-electron chi connectivity index (χ4n) is 1.54. The fourth-order valence-corrected chi connectivity index (χ4v) is 2.56. The number of hydrogen-bond donors (Lipinski definition) is 1. The number of carbonyl (C=O) groups excluding carboxylic acids is 1. The zero-order chi connectivity index (χ0) is 13.7. The van der Waals surface area contributed by atoms with Crippen molar-refractivity contribution in [2.24, 2.45) is 5.92 Å². The van der Waals surface area contributed by atoms with Crippen LogP contribution in [0.5, 0.6) is 0 Å². The quantitative estimate of drug-likeness (QED) is 0.809. The van der Waals surface area contributed by atoms with Gasteiger partial charge in [0.15, 0.2) is 0 Å². The van der Waals surface area contributed by atoms with Gasteiger partial charge in [0.25, 0.3) is 5.91 Å². The Morgan fingerprint density at radius 2 is 2.17 bits per heavy atom. The van der Waals surface area contributed by atoms with Crippen molar-refractivity contribution in [1.82, 2.24) is 5.32 Å². The van der Waals surface area contributed by atoms with Crippen LogP contribution in [-0.2, 0) is 0 Å². The highest BCUT2D eigenvalue weighted by molar-refractivity contribution is 9.09. The molecule has 0 saturated heterocycles. The average molecular weight is 337 g/mol. The van der Waals surface area contributed by atoms with E-state index >= 15 is 0 Å². The summed E-state index contributed by atoms with van der Waals surface area (Å²) in [5.74, 6) is -0.320. The van der Waals surface area contributed by atoms with E-state index in [1.165, 1.54) is 12.1 Å². The van der Waals surface area contributed by atoms with E-state index in [2.05, 4.69) is 35.1 Å². The Kier molecular flexibility index (Phi) is 6.09. The number of benzene rings is 1. The summed E-state index contributed by atoms with van der Waals surface area (Å²) >= 11 is 9.05. The van der Waals surface area contributed by atoms with E-state index in [0.717, 1.165) is 12.5 Å². The summed E-state index contributed by atoms with van der Waals surface area (Å²) < 4.78 is 13.2. The Labute approximate surface area is 120 Å². The summed E-state index contributed by atoms with van der Waals surface area (Å²) in [5, 5.41) is 2.77. The lowest BCUT2D eigenvalue weighted by molar-refractivity contribution is 0.0953. The monoisotopic (exact) mass is 335 g/mol. The second kappa shape index (κ2) is 7.10. The zero-order valence-electron chi connectivity index (χ0n) is 10.3. The lowest BCUT2D eigenvalue weighted by atomic mass is 10.1. The summed E-state index contributed by atoms with van der Waals surface area (Å²) in [6.45, 7) is 4.75. The molecule has 0 bridgehead atoms. The first-order valence-corrected chi connectivity index (χ1v) is 7.06. The molecule has 1 aromatic rings. The maximum absolute atomic E-state index is 13.2. The molecule has 1 rings (SSSR count). The van der Waals surface area contributed by atoms with Gasteiger partial charge in [-0.05, 0) is 30.5 Å². The minimum absolute atomic E-state index is 0.0183. The van der Waals surface area contributed by atoms with Gasteiger partial charge in [0.2, 0.25) is 0 Å². The van der Waals surface area contributed by atoms with Gasteiger partial charge in [-0.15, -0.1) is 0 Å². The molecule has 0 aliphatic carbocycles. The molecular weight excluding hydrogens is 321 g/mol. The van der Waals surface area contributed by atoms with Crippen molar-refractivity contribution in [2.75, 3.05) is 6.54 Å². The van der Waals surface area contributed by atoms with E-state index < -0.39 is 5.82 Å². The minimum Gasteiger partial charge on any atom is -0.351 e. The molecule has 1 amide bonds. The molecule has 1 N–H and O–H groups in total. The molecule has 1 unspecified atom stereocenters. The van der Waals surface area contributed by atoms with Crippen LogP contribution >= 0.6 is 27.5 Å². The van der Waals surface area contributed by atoms with Crippen LogP contribution in [0, 0.1) is 11.7 Å². The molecule has 5 heteroatoms. The molecule has 0 spiro atoms. The molecule has 0 saturated carbocycles. The first-order valence-electron chi connectivity index (χ1n) is 5.77. The highest BCUT2D eigenvalue weighted by Gasteiger charge is 2.11. The highest BCUT2D eigenvalue weighted by atomic mass is 79.9. The summed E-state index contributed by atoms with van der Waals surface area (Å²) in [5.41, 5.74) is 0.279. The molecule has 2 nitrogen and oxygen atoms in total. The molecule has 1 atom stereocenters. The van der Waals surface area contributed by atoms with Crippen LogP contribution in [0.25, 0.3) is 0 Å². The van der Waals surface area contributed by atoms with Gasteiger partial charge < -0.3 is 5.32 Å². The normalized spacial score (nSPS) is 12.6. The fraction of sp³-hybridized carbons (Fsp3) is 0.462. The molecule has 0 aromatic heterocycles. The van der Waals surface area contributed by atoms with Crippen LogP contribution in [0.15, 0.2) is 18.2 Å². The minimum atomic E-state index is -0.582. The Morgan fingerprint density at radius 3 is 2.72 bits per heavy atom. The molecule has 100 valence electrons. The molecule has 0 radical (unpaired) electrons. The third-order valence-electron chi connectivity index (χ3n) is 2.39. The summed E-state index contributed by atoms with van der Waals surface area (Å²) in [4.78, 5) is 12.0. The van der Waals surface area contributed by atoms with E-state index in [4.69, 9.17) is 11.6 Å². The van der Waals surface area contributed by atoms with E-state index in [1.54, 1.807) is 0 Å². The van der Waals surface area contributed by atoms with Crippen LogP contribution in [-0.4, -0.2) is 17.3 Å². The SMILES string of the molecule is CC(C)CC(Br)CNC(=O)c1ccc(Cl)c(F)c1. The third kappa shape index (κ3) is 4.94. The van der Waals surface area contributed by atoms with Crippen molar-refractivity contribution < 1.29 is 9.18 Å². The van der Waals surface area contributed by atoms with Crippen molar-refractivity contribution in [3.63, 3.8) is 0 Å². The van der Waals surface area contributed by atoms with Crippen LogP contribution < -0.4 is 5.32 Å². The Bertz CT molecular complexity index is 425. The number of alkyl halides is 1. The molecule has 1 aromatic carbocycles. The number of amides is 1. The summed E-state index contributed by atoms with van der Waals surface area (Å²) in [6, 6.07) is 4.03. The van der Waals surface area contributed by atoms with Crippen molar-refractivity contribution in [2.45, 2.75) is 25.1 Å². The van der Waals surface area contributed by atoms with Gasteiger partial charge in [-0.3, -0.25) is 4.79 Å². The maximum atomic E-state index is 13.2. The Morgan fingerprint density at radius 1 is 1.50 bits per heavy atom. The smallest absolute Gasteiger partial charge is 0.251 e. The van der Waals surface area contributed by atoms with Crippen molar-refractivity contribution in [1.29, 1.82) is 0 Å². The van der Waals surface area contributed by atoms with E-state index in [9.17, 15) is 9.18 Å². The predicted octanol–water partition coefficient (Wildman–Crippen LogP) is 4.02. The van der Waals surface area contributed by atoms with Gasteiger partial charge in [-0.25, -0.2) is 4.39 Å². The van der Waals surface area contributed by atoms with Gasteiger partial charge in [0.05, 0.1) is 5.02 Å². The van der Waals surface area contributed by atoms with Crippen LogP contribution in [0.3, 0.4) is 0 Å². The van der Waals surface area contributed by atoms with E-state index in [-0.39, 0.29) is 21.3 Å². The van der Waals surface area contributed by atoms with E-state index in [0.29, 0.717) is 12.5 Å². The second-order valence-electron chi connectivity index (χ2n) is 4.57. The maximum Gasteiger partial charge on any atom is 0.251 e. The summed E-state index contributed by atoms with van der Waals surface area (Å²) in [7, 11) is 0. The Balaban J connectivity index is 2.52. The Hall–Kier alpha value is -0.610. The third-order valence-corrected chi connectivity index (χ3v) is 3.40.